The van der Waals surface area contributed by atoms with Gasteiger partial charge in [-0.1, -0.05) is 29.5 Å². The number of benzene rings is 1. The van der Waals surface area contributed by atoms with E-state index in [1.165, 1.54) is 11.3 Å². The van der Waals surface area contributed by atoms with Gasteiger partial charge in [0.1, 0.15) is 16.9 Å². The van der Waals surface area contributed by atoms with Gasteiger partial charge in [-0.15, -0.1) is 10.2 Å². The highest BCUT2D eigenvalue weighted by atomic mass is 32.1. The summed E-state index contributed by atoms with van der Waals surface area (Å²) < 4.78 is 10.8. The summed E-state index contributed by atoms with van der Waals surface area (Å²) in [5.41, 5.74) is 0.839. The average molecular weight is 319 g/mol. The van der Waals surface area contributed by atoms with Gasteiger partial charge in [-0.2, -0.15) is 0 Å². The van der Waals surface area contributed by atoms with E-state index in [0.717, 1.165) is 30.0 Å². The van der Waals surface area contributed by atoms with Crippen molar-refractivity contribution in [3.8, 4) is 5.75 Å². The highest BCUT2D eigenvalue weighted by molar-refractivity contribution is 7.15. The van der Waals surface area contributed by atoms with Gasteiger partial charge in [-0.25, -0.2) is 0 Å². The molecule has 7 heteroatoms. The summed E-state index contributed by atoms with van der Waals surface area (Å²) in [6, 6.07) is 7.46. The SMILES string of the molecule is COc1ccccc1CC(=O)Nc1nnc([C@H]2CCCO2)s1. The van der Waals surface area contributed by atoms with Gasteiger partial charge in [0.25, 0.3) is 0 Å². The largest absolute Gasteiger partial charge is 0.496 e. The van der Waals surface area contributed by atoms with Crippen molar-refractivity contribution < 1.29 is 14.3 Å². The molecule has 1 N–H and O–H groups in total. The third-order valence-corrected chi connectivity index (χ3v) is 4.37. The maximum Gasteiger partial charge on any atom is 0.230 e. The molecular formula is C15H17N3O3S. The van der Waals surface area contributed by atoms with Crippen molar-refractivity contribution in [2.24, 2.45) is 0 Å². The minimum absolute atomic E-state index is 0.0253. The van der Waals surface area contributed by atoms with Crippen LogP contribution in [0.2, 0.25) is 0 Å². The van der Waals surface area contributed by atoms with E-state index < -0.39 is 0 Å². The van der Waals surface area contributed by atoms with E-state index in [-0.39, 0.29) is 18.4 Å². The second-order valence-corrected chi connectivity index (χ2v) is 5.99. The number of hydrogen-bond donors (Lipinski definition) is 1. The zero-order chi connectivity index (χ0) is 15.4. The molecule has 1 amide bonds. The summed E-state index contributed by atoms with van der Waals surface area (Å²) in [4.78, 5) is 12.1. The van der Waals surface area contributed by atoms with Crippen LogP contribution in [0.3, 0.4) is 0 Å². The summed E-state index contributed by atoms with van der Waals surface area (Å²) >= 11 is 1.37. The van der Waals surface area contributed by atoms with Crippen molar-refractivity contribution in [2.45, 2.75) is 25.4 Å². The van der Waals surface area contributed by atoms with Crippen molar-refractivity contribution in [3.63, 3.8) is 0 Å². The maximum absolute atomic E-state index is 12.1. The lowest BCUT2D eigenvalue weighted by molar-refractivity contribution is -0.115. The van der Waals surface area contributed by atoms with Crippen LogP contribution in [-0.4, -0.2) is 29.8 Å². The number of hydrogen-bond acceptors (Lipinski definition) is 6. The first kappa shape index (κ1) is 14.9. The number of para-hydroxylation sites is 1. The van der Waals surface area contributed by atoms with Crippen molar-refractivity contribution in [3.05, 3.63) is 34.8 Å². The summed E-state index contributed by atoms with van der Waals surface area (Å²) in [7, 11) is 1.59. The molecule has 2 aromatic rings. The van der Waals surface area contributed by atoms with Crippen LogP contribution in [0.25, 0.3) is 0 Å². The quantitative estimate of drug-likeness (QED) is 0.917. The van der Waals surface area contributed by atoms with Gasteiger partial charge >= 0.3 is 0 Å². The number of nitrogens with one attached hydrogen (secondary N) is 1. The van der Waals surface area contributed by atoms with Crippen LogP contribution in [0.5, 0.6) is 5.75 Å². The number of ether oxygens (including phenoxy) is 2. The summed E-state index contributed by atoms with van der Waals surface area (Å²) in [6.45, 7) is 0.764. The number of nitrogens with zero attached hydrogens (tertiary/aromatic N) is 2. The molecule has 1 fully saturated rings. The van der Waals surface area contributed by atoms with Gasteiger partial charge in [-0.05, 0) is 18.9 Å². The molecule has 1 aliphatic rings. The predicted octanol–water partition coefficient (Wildman–Crippen LogP) is 2.58. The topological polar surface area (TPSA) is 73.3 Å². The van der Waals surface area contributed by atoms with Gasteiger partial charge in [0.15, 0.2) is 0 Å². The molecule has 0 bridgehead atoms. The van der Waals surface area contributed by atoms with Crippen molar-refractivity contribution in [1.29, 1.82) is 0 Å². The van der Waals surface area contributed by atoms with Crippen LogP contribution in [0, 0.1) is 0 Å². The fraction of sp³-hybridized carbons (Fsp3) is 0.400. The molecule has 1 aromatic carbocycles. The van der Waals surface area contributed by atoms with E-state index >= 15 is 0 Å². The van der Waals surface area contributed by atoms with Crippen LogP contribution in [0.4, 0.5) is 5.13 Å². The Kier molecular flexibility index (Phi) is 4.65. The lowest BCUT2D eigenvalue weighted by atomic mass is 10.1. The van der Waals surface area contributed by atoms with E-state index in [0.29, 0.717) is 10.9 Å². The van der Waals surface area contributed by atoms with E-state index in [1.807, 2.05) is 24.3 Å². The summed E-state index contributed by atoms with van der Waals surface area (Å²) in [6.07, 6.45) is 2.26. The molecular weight excluding hydrogens is 302 g/mol. The molecule has 6 nitrogen and oxygen atoms in total. The van der Waals surface area contributed by atoms with Gasteiger partial charge < -0.3 is 14.8 Å². The maximum atomic E-state index is 12.1. The molecule has 1 atom stereocenters. The van der Waals surface area contributed by atoms with E-state index in [4.69, 9.17) is 9.47 Å². The fourth-order valence-corrected chi connectivity index (χ4v) is 3.22. The zero-order valence-corrected chi connectivity index (χ0v) is 13.1. The number of anilines is 1. The number of aromatic nitrogens is 2. The first-order chi connectivity index (χ1) is 10.8. The highest BCUT2D eigenvalue weighted by Crippen LogP contribution is 2.31. The molecule has 1 aromatic heterocycles. The number of carbonyl (C=O) groups excluding carboxylic acids is 1. The van der Waals surface area contributed by atoms with E-state index in [2.05, 4.69) is 15.5 Å². The monoisotopic (exact) mass is 319 g/mol. The molecule has 1 saturated heterocycles. The van der Waals surface area contributed by atoms with Crippen molar-refractivity contribution in [1.82, 2.24) is 10.2 Å². The number of methoxy groups -OCH3 is 1. The third kappa shape index (κ3) is 3.42. The van der Waals surface area contributed by atoms with Crippen LogP contribution in [0.15, 0.2) is 24.3 Å². The Hall–Kier alpha value is -1.99. The molecule has 0 radical (unpaired) electrons. The molecule has 1 aliphatic heterocycles. The lowest BCUT2D eigenvalue weighted by Gasteiger charge is -2.07. The Balaban J connectivity index is 1.62. The van der Waals surface area contributed by atoms with Crippen LogP contribution in [-0.2, 0) is 16.0 Å². The minimum atomic E-state index is -0.139. The zero-order valence-electron chi connectivity index (χ0n) is 12.2. The molecule has 2 heterocycles. The van der Waals surface area contributed by atoms with Crippen molar-refractivity contribution >= 4 is 22.4 Å². The second kappa shape index (κ2) is 6.85. The number of rotatable bonds is 5. The molecule has 0 spiro atoms. The first-order valence-electron chi connectivity index (χ1n) is 7.13. The Morgan fingerprint density at radius 1 is 1.45 bits per heavy atom. The Morgan fingerprint density at radius 3 is 3.09 bits per heavy atom. The van der Waals surface area contributed by atoms with Gasteiger partial charge in [0, 0.05) is 12.2 Å². The Labute approximate surface area is 132 Å². The Morgan fingerprint density at radius 2 is 2.32 bits per heavy atom. The lowest BCUT2D eigenvalue weighted by Crippen LogP contribution is -2.14. The van der Waals surface area contributed by atoms with Gasteiger partial charge in [0.05, 0.1) is 13.5 Å². The Bertz CT molecular complexity index is 653. The molecule has 0 saturated carbocycles. The fourth-order valence-electron chi connectivity index (χ4n) is 2.37. The summed E-state index contributed by atoms with van der Waals surface area (Å²) in [5, 5.41) is 12.2. The molecule has 0 unspecified atom stereocenters. The molecule has 3 rings (SSSR count). The van der Waals surface area contributed by atoms with E-state index in [1.54, 1.807) is 7.11 Å². The third-order valence-electron chi connectivity index (χ3n) is 3.44. The normalized spacial score (nSPS) is 17.4. The smallest absolute Gasteiger partial charge is 0.230 e. The first-order valence-corrected chi connectivity index (χ1v) is 7.94. The van der Waals surface area contributed by atoms with Gasteiger partial charge in [-0.3, -0.25) is 4.79 Å². The van der Waals surface area contributed by atoms with Crippen LogP contribution >= 0.6 is 11.3 Å². The summed E-state index contributed by atoms with van der Waals surface area (Å²) in [5.74, 6) is 0.564. The van der Waals surface area contributed by atoms with Crippen LogP contribution in [0.1, 0.15) is 29.5 Å². The molecule has 22 heavy (non-hydrogen) atoms. The van der Waals surface area contributed by atoms with E-state index in [9.17, 15) is 4.79 Å². The van der Waals surface area contributed by atoms with Crippen LogP contribution < -0.4 is 10.1 Å². The van der Waals surface area contributed by atoms with Gasteiger partial charge in [0.2, 0.25) is 11.0 Å². The number of amides is 1. The molecule has 0 aliphatic carbocycles. The highest BCUT2D eigenvalue weighted by Gasteiger charge is 2.22. The standard InChI is InChI=1S/C15H17N3O3S/c1-20-11-6-3-2-5-10(11)9-13(19)16-15-18-17-14(22-15)12-7-4-8-21-12/h2-3,5-6,12H,4,7-9H2,1H3,(H,16,18,19)/t12-/m1/s1. The van der Waals surface area contributed by atoms with Crippen molar-refractivity contribution in [2.75, 3.05) is 19.0 Å². The number of carbonyl (C=O) groups is 1. The average Bonchev–Trinajstić information content (AvgIpc) is 3.18. The molecule has 116 valence electrons. The minimum Gasteiger partial charge on any atom is -0.496 e. The second-order valence-electron chi connectivity index (χ2n) is 4.98. The predicted molar refractivity (Wildman–Crippen MR) is 83.2 cm³/mol.